The number of hydrogen-bond donors (Lipinski definition) is 1. The molecule has 26 heavy (non-hydrogen) atoms. The lowest BCUT2D eigenvalue weighted by atomic mass is 10.1. The second kappa shape index (κ2) is 7.66. The number of benzene rings is 2. The molecule has 6 heteroatoms. The zero-order valence-corrected chi connectivity index (χ0v) is 15.1. The molecule has 3 nitrogen and oxygen atoms in total. The highest BCUT2D eigenvalue weighted by molar-refractivity contribution is 7.12. The quantitative estimate of drug-likeness (QED) is 0.644. The van der Waals surface area contributed by atoms with E-state index in [0.29, 0.717) is 11.5 Å². The lowest BCUT2D eigenvalue weighted by Crippen LogP contribution is -2.10. The fourth-order valence-corrected chi connectivity index (χ4v) is 3.17. The van der Waals surface area contributed by atoms with Crippen LogP contribution in [-0.2, 0) is 6.61 Å². The zero-order valence-electron chi connectivity index (χ0n) is 14.3. The van der Waals surface area contributed by atoms with Crippen LogP contribution in [-0.4, -0.2) is 5.91 Å². The SMILES string of the molecule is Cc1cccc(OCc2csc(C(=O)Nc3ccc(F)c(F)c3)c2)c1C. The van der Waals surface area contributed by atoms with E-state index in [0.717, 1.165) is 34.6 Å². The van der Waals surface area contributed by atoms with Gasteiger partial charge in [-0.2, -0.15) is 0 Å². The standard InChI is InChI=1S/C20H17F2NO2S/c1-12-4-3-5-18(13(12)2)25-10-14-8-19(26-11-14)20(24)23-15-6-7-16(21)17(22)9-15/h3-9,11H,10H2,1-2H3,(H,23,24). The van der Waals surface area contributed by atoms with Gasteiger partial charge in [0.1, 0.15) is 12.4 Å². The summed E-state index contributed by atoms with van der Waals surface area (Å²) in [6, 6.07) is 10.8. The zero-order chi connectivity index (χ0) is 18.7. The summed E-state index contributed by atoms with van der Waals surface area (Å²) in [4.78, 5) is 12.7. The molecule has 3 rings (SSSR count). The Bertz CT molecular complexity index is 953. The van der Waals surface area contributed by atoms with Crippen LogP contribution in [0.25, 0.3) is 0 Å². The monoisotopic (exact) mass is 373 g/mol. The Labute approximate surface area is 154 Å². The molecule has 134 valence electrons. The number of thiophene rings is 1. The van der Waals surface area contributed by atoms with E-state index in [4.69, 9.17) is 4.74 Å². The second-order valence-corrected chi connectivity index (χ2v) is 6.80. The summed E-state index contributed by atoms with van der Waals surface area (Å²) in [5, 5.41) is 4.39. The Kier molecular flexibility index (Phi) is 5.32. The van der Waals surface area contributed by atoms with Gasteiger partial charge in [0.25, 0.3) is 5.91 Å². The molecule has 0 atom stereocenters. The van der Waals surface area contributed by atoms with Crippen molar-refractivity contribution in [3.05, 3.63) is 81.0 Å². The maximum absolute atomic E-state index is 13.2. The molecule has 0 aliphatic rings. The molecule has 0 saturated carbocycles. The first-order valence-electron chi connectivity index (χ1n) is 7.97. The van der Waals surface area contributed by atoms with Gasteiger partial charge in [-0.1, -0.05) is 12.1 Å². The molecule has 1 aromatic heterocycles. The van der Waals surface area contributed by atoms with Crippen LogP contribution < -0.4 is 10.1 Å². The molecular formula is C20H17F2NO2S. The molecule has 0 bridgehead atoms. The number of carbonyl (C=O) groups is 1. The van der Waals surface area contributed by atoms with Crippen LogP contribution in [0.15, 0.2) is 47.8 Å². The third-order valence-corrected chi connectivity index (χ3v) is 4.98. The molecule has 1 heterocycles. The van der Waals surface area contributed by atoms with Crippen molar-refractivity contribution >= 4 is 22.9 Å². The summed E-state index contributed by atoms with van der Waals surface area (Å²) in [6.07, 6.45) is 0. The number of hydrogen-bond acceptors (Lipinski definition) is 3. The van der Waals surface area contributed by atoms with E-state index in [-0.39, 0.29) is 11.6 Å². The number of halogens is 2. The third kappa shape index (κ3) is 4.08. The molecule has 2 aromatic carbocycles. The maximum Gasteiger partial charge on any atom is 0.265 e. The van der Waals surface area contributed by atoms with Crippen molar-refractivity contribution in [3.63, 3.8) is 0 Å². The lowest BCUT2D eigenvalue weighted by Gasteiger charge is -2.09. The normalized spacial score (nSPS) is 10.6. The number of aryl methyl sites for hydroxylation is 1. The number of anilines is 1. The van der Waals surface area contributed by atoms with Crippen molar-refractivity contribution in [3.8, 4) is 5.75 Å². The maximum atomic E-state index is 13.2. The largest absolute Gasteiger partial charge is 0.489 e. The third-order valence-electron chi connectivity index (χ3n) is 4.00. The molecule has 0 aliphatic heterocycles. The first kappa shape index (κ1) is 18.1. The van der Waals surface area contributed by atoms with Crippen LogP contribution in [0.2, 0.25) is 0 Å². The number of rotatable bonds is 5. The molecule has 3 aromatic rings. The summed E-state index contributed by atoms with van der Waals surface area (Å²) in [7, 11) is 0. The van der Waals surface area contributed by atoms with Crippen LogP contribution in [0.4, 0.5) is 14.5 Å². The molecule has 0 aliphatic carbocycles. The van der Waals surface area contributed by atoms with Gasteiger partial charge in [0.05, 0.1) is 4.88 Å². The highest BCUT2D eigenvalue weighted by atomic mass is 32.1. The molecule has 0 saturated heterocycles. The Morgan fingerprint density at radius 2 is 1.92 bits per heavy atom. The Morgan fingerprint density at radius 1 is 1.12 bits per heavy atom. The number of nitrogens with one attached hydrogen (secondary N) is 1. The van der Waals surface area contributed by atoms with Gasteiger partial charge in [-0.25, -0.2) is 8.78 Å². The van der Waals surface area contributed by atoms with Crippen LogP contribution in [0.1, 0.15) is 26.4 Å². The molecule has 0 spiro atoms. The molecule has 1 amide bonds. The molecule has 0 unspecified atom stereocenters. The average molecular weight is 373 g/mol. The first-order valence-corrected chi connectivity index (χ1v) is 8.85. The minimum Gasteiger partial charge on any atom is -0.489 e. The van der Waals surface area contributed by atoms with Gasteiger partial charge in [0.2, 0.25) is 0 Å². The van der Waals surface area contributed by atoms with Crippen molar-refractivity contribution in [1.29, 1.82) is 0 Å². The lowest BCUT2D eigenvalue weighted by molar-refractivity contribution is 0.103. The summed E-state index contributed by atoms with van der Waals surface area (Å²) < 4.78 is 32.0. The minimum atomic E-state index is -1.00. The highest BCUT2D eigenvalue weighted by Gasteiger charge is 2.12. The number of ether oxygens (including phenoxy) is 1. The van der Waals surface area contributed by atoms with Crippen molar-refractivity contribution in [2.75, 3.05) is 5.32 Å². The predicted molar refractivity (Wildman–Crippen MR) is 98.9 cm³/mol. The van der Waals surface area contributed by atoms with Gasteiger partial charge in [0, 0.05) is 17.3 Å². The average Bonchev–Trinajstić information content (AvgIpc) is 3.09. The summed E-state index contributed by atoms with van der Waals surface area (Å²) in [5.74, 6) is -1.52. The fourth-order valence-electron chi connectivity index (χ4n) is 2.38. The van der Waals surface area contributed by atoms with Gasteiger partial charge < -0.3 is 10.1 Å². The van der Waals surface area contributed by atoms with E-state index < -0.39 is 11.6 Å². The summed E-state index contributed by atoms with van der Waals surface area (Å²) in [5.41, 5.74) is 3.31. The number of amides is 1. The van der Waals surface area contributed by atoms with E-state index in [1.807, 2.05) is 37.4 Å². The van der Waals surface area contributed by atoms with Crippen molar-refractivity contribution in [1.82, 2.24) is 0 Å². The second-order valence-electron chi connectivity index (χ2n) is 5.89. The fraction of sp³-hybridized carbons (Fsp3) is 0.150. The Hall–Kier alpha value is -2.73. The minimum absolute atomic E-state index is 0.204. The number of carbonyl (C=O) groups excluding carboxylic acids is 1. The summed E-state index contributed by atoms with van der Waals surface area (Å²) >= 11 is 1.27. The van der Waals surface area contributed by atoms with Gasteiger partial charge >= 0.3 is 0 Å². The predicted octanol–water partition coefficient (Wildman–Crippen LogP) is 5.47. The van der Waals surface area contributed by atoms with E-state index in [2.05, 4.69) is 5.32 Å². The van der Waals surface area contributed by atoms with Gasteiger partial charge in [0.15, 0.2) is 11.6 Å². The van der Waals surface area contributed by atoms with Gasteiger partial charge in [-0.05, 0) is 54.6 Å². The first-order chi connectivity index (χ1) is 12.4. The topological polar surface area (TPSA) is 38.3 Å². The van der Waals surface area contributed by atoms with E-state index >= 15 is 0 Å². The summed E-state index contributed by atoms with van der Waals surface area (Å²) in [6.45, 7) is 4.37. The molecule has 0 radical (unpaired) electrons. The molecule has 1 N–H and O–H groups in total. The van der Waals surface area contributed by atoms with E-state index in [1.165, 1.54) is 17.4 Å². The van der Waals surface area contributed by atoms with Crippen LogP contribution in [0.3, 0.4) is 0 Å². The van der Waals surface area contributed by atoms with Crippen molar-refractivity contribution in [2.24, 2.45) is 0 Å². The van der Waals surface area contributed by atoms with Crippen molar-refractivity contribution in [2.45, 2.75) is 20.5 Å². The van der Waals surface area contributed by atoms with Crippen LogP contribution >= 0.6 is 11.3 Å². The molecule has 0 fully saturated rings. The Balaban J connectivity index is 1.64. The van der Waals surface area contributed by atoms with Crippen molar-refractivity contribution < 1.29 is 18.3 Å². The van der Waals surface area contributed by atoms with E-state index in [1.54, 1.807) is 6.07 Å². The van der Waals surface area contributed by atoms with Gasteiger partial charge in [-0.3, -0.25) is 4.79 Å². The van der Waals surface area contributed by atoms with Gasteiger partial charge in [-0.15, -0.1) is 11.3 Å². The van der Waals surface area contributed by atoms with Crippen LogP contribution in [0.5, 0.6) is 5.75 Å². The smallest absolute Gasteiger partial charge is 0.265 e. The van der Waals surface area contributed by atoms with E-state index in [9.17, 15) is 13.6 Å². The Morgan fingerprint density at radius 3 is 2.69 bits per heavy atom. The van der Waals surface area contributed by atoms with Crippen LogP contribution in [0, 0.1) is 25.5 Å². The molecular weight excluding hydrogens is 356 g/mol. The highest BCUT2D eigenvalue weighted by Crippen LogP contribution is 2.23.